The maximum Gasteiger partial charge on any atom is 0.0895 e. The van der Waals surface area contributed by atoms with Crippen molar-refractivity contribution in [3.8, 4) is 0 Å². The number of hydrogen-bond donors (Lipinski definition) is 0. The van der Waals surface area contributed by atoms with Crippen LogP contribution in [0.4, 0.5) is 0 Å². The zero-order valence-electron chi connectivity index (χ0n) is 9.81. The van der Waals surface area contributed by atoms with Crippen molar-refractivity contribution in [1.82, 2.24) is 0 Å². The van der Waals surface area contributed by atoms with Crippen molar-refractivity contribution in [1.29, 1.82) is 0 Å². The first-order chi connectivity index (χ1) is 8.12. The quantitative estimate of drug-likeness (QED) is 0.553. The van der Waals surface area contributed by atoms with Crippen molar-refractivity contribution in [2.75, 3.05) is 0 Å². The summed E-state index contributed by atoms with van der Waals surface area (Å²) in [7, 11) is 2.78. The van der Waals surface area contributed by atoms with E-state index in [1.54, 1.807) is 0 Å². The third kappa shape index (κ3) is 2.70. The highest BCUT2D eigenvalue weighted by atomic mass is 35.5. The van der Waals surface area contributed by atoms with Gasteiger partial charge in [0.1, 0.15) is 0 Å². The molecule has 0 aromatic heterocycles. The van der Waals surface area contributed by atoms with Crippen molar-refractivity contribution >= 4 is 20.8 Å². The van der Waals surface area contributed by atoms with E-state index in [-0.39, 0.29) is 5.92 Å². The molecule has 0 aliphatic heterocycles. The Bertz CT molecular complexity index is 465. The van der Waals surface area contributed by atoms with E-state index in [1.165, 1.54) is 5.56 Å². The van der Waals surface area contributed by atoms with Gasteiger partial charge < -0.3 is 0 Å². The summed E-state index contributed by atoms with van der Waals surface area (Å²) < 4.78 is -0.456. The summed E-state index contributed by atoms with van der Waals surface area (Å²) in [5.41, 5.74) is 2.38. The van der Waals surface area contributed by atoms with Gasteiger partial charge in [0.25, 0.3) is 0 Å². The van der Waals surface area contributed by atoms with Gasteiger partial charge in [-0.05, 0) is 11.1 Å². The molecule has 17 heavy (non-hydrogen) atoms. The molecule has 0 aliphatic carbocycles. The van der Waals surface area contributed by atoms with Crippen LogP contribution in [0.2, 0.25) is 0 Å². The fourth-order valence-electron chi connectivity index (χ4n) is 1.93. The Morgan fingerprint density at radius 1 is 0.941 bits per heavy atom. The Morgan fingerprint density at radius 3 is 1.94 bits per heavy atom. The van der Waals surface area contributed by atoms with Gasteiger partial charge in [0, 0.05) is 5.92 Å². The van der Waals surface area contributed by atoms with Gasteiger partial charge in [-0.3, -0.25) is 0 Å². The van der Waals surface area contributed by atoms with Crippen LogP contribution in [0.3, 0.4) is 0 Å². The number of hydrogen-bond acceptors (Lipinski definition) is 0. The average Bonchev–Trinajstić information content (AvgIpc) is 2.40. The van der Waals surface area contributed by atoms with E-state index in [4.69, 9.17) is 11.6 Å². The number of halogens is 1. The fraction of sp³-hybridized carbons (Fsp3) is 0.200. The SMILES string of the molecule is CC(c1ccccc1)C(P)(Cl)c1ccccc1. The Balaban J connectivity index is 2.33. The second kappa shape index (κ2) is 5.21. The second-order valence-corrected chi connectivity index (χ2v) is 6.17. The van der Waals surface area contributed by atoms with E-state index in [0.717, 1.165) is 5.56 Å². The Kier molecular flexibility index (Phi) is 3.86. The van der Waals surface area contributed by atoms with E-state index < -0.39 is 4.62 Å². The van der Waals surface area contributed by atoms with E-state index in [9.17, 15) is 0 Å². The molecule has 0 bridgehead atoms. The van der Waals surface area contributed by atoms with Crippen LogP contribution in [-0.4, -0.2) is 0 Å². The molecular weight excluding hydrogens is 247 g/mol. The van der Waals surface area contributed by atoms with E-state index in [2.05, 4.69) is 52.6 Å². The van der Waals surface area contributed by atoms with Crippen LogP contribution in [-0.2, 0) is 4.62 Å². The maximum absolute atomic E-state index is 6.71. The Morgan fingerprint density at radius 2 is 1.41 bits per heavy atom. The normalized spacial score (nSPS) is 16.2. The summed E-state index contributed by atoms with van der Waals surface area (Å²) in [5.74, 6) is 0.234. The van der Waals surface area contributed by atoms with Gasteiger partial charge >= 0.3 is 0 Å². The molecule has 0 nitrogen and oxygen atoms in total. The standard InChI is InChI=1S/C15H16ClP/c1-12(13-8-4-2-5-9-13)15(16,17)14-10-6-3-7-11-14/h2-12H,17H2,1H3. The highest BCUT2D eigenvalue weighted by molar-refractivity contribution is 7.22. The molecule has 2 aromatic rings. The monoisotopic (exact) mass is 262 g/mol. The van der Waals surface area contributed by atoms with Crippen molar-refractivity contribution < 1.29 is 0 Å². The van der Waals surface area contributed by atoms with Crippen LogP contribution in [0.5, 0.6) is 0 Å². The minimum Gasteiger partial charge on any atom is -0.110 e. The molecule has 2 rings (SSSR count). The molecule has 0 saturated carbocycles. The predicted molar refractivity (Wildman–Crippen MR) is 78.5 cm³/mol. The molecular formula is C15H16ClP. The minimum absolute atomic E-state index is 0.234. The first kappa shape index (κ1) is 12.6. The molecule has 2 aromatic carbocycles. The van der Waals surface area contributed by atoms with Crippen molar-refractivity contribution in [3.63, 3.8) is 0 Å². The van der Waals surface area contributed by atoms with Crippen LogP contribution >= 0.6 is 20.8 Å². The highest BCUT2D eigenvalue weighted by Crippen LogP contribution is 2.47. The van der Waals surface area contributed by atoms with Crippen molar-refractivity contribution in [2.45, 2.75) is 17.5 Å². The molecule has 0 amide bonds. The Hall–Kier alpha value is -0.840. The zero-order chi connectivity index (χ0) is 12.3. The van der Waals surface area contributed by atoms with Gasteiger partial charge in [-0.15, -0.1) is 20.8 Å². The second-order valence-electron chi connectivity index (χ2n) is 4.27. The van der Waals surface area contributed by atoms with Gasteiger partial charge in [-0.2, -0.15) is 0 Å². The van der Waals surface area contributed by atoms with Gasteiger partial charge in [-0.1, -0.05) is 67.6 Å². The topological polar surface area (TPSA) is 0 Å². The molecule has 0 spiro atoms. The zero-order valence-corrected chi connectivity index (χ0v) is 11.7. The van der Waals surface area contributed by atoms with Crippen LogP contribution in [0.1, 0.15) is 24.0 Å². The molecule has 3 unspecified atom stereocenters. The van der Waals surface area contributed by atoms with Crippen LogP contribution in [0.25, 0.3) is 0 Å². The average molecular weight is 263 g/mol. The molecule has 0 saturated heterocycles. The first-order valence-electron chi connectivity index (χ1n) is 5.70. The van der Waals surface area contributed by atoms with Gasteiger partial charge in [0.2, 0.25) is 0 Å². The molecule has 0 radical (unpaired) electrons. The summed E-state index contributed by atoms with van der Waals surface area (Å²) in [6.07, 6.45) is 0. The van der Waals surface area contributed by atoms with Crippen LogP contribution in [0.15, 0.2) is 60.7 Å². The Labute approximate surface area is 110 Å². The van der Waals surface area contributed by atoms with Crippen LogP contribution < -0.4 is 0 Å². The lowest BCUT2D eigenvalue weighted by Crippen LogP contribution is -2.18. The fourth-order valence-corrected chi connectivity index (χ4v) is 2.56. The first-order valence-corrected chi connectivity index (χ1v) is 6.66. The lowest BCUT2D eigenvalue weighted by Gasteiger charge is -2.30. The predicted octanol–water partition coefficient (Wildman–Crippen LogP) is 4.76. The number of rotatable bonds is 3. The molecule has 3 atom stereocenters. The van der Waals surface area contributed by atoms with Gasteiger partial charge in [-0.25, -0.2) is 0 Å². The lowest BCUT2D eigenvalue weighted by atomic mass is 9.92. The van der Waals surface area contributed by atoms with E-state index in [0.29, 0.717) is 0 Å². The summed E-state index contributed by atoms with van der Waals surface area (Å²) in [4.78, 5) is 0. The molecule has 0 heterocycles. The molecule has 0 N–H and O–H groups in total. The number of alkyl halides is 1. The number of benzene rings is 2. The highest BCUT2D eigenvalue weighted by Gasteiger charge is 2.31. The van der Waals surface area contributed by atoms with E-state index >= 15 is 0 Å². The smallest absolute Gasteiger partial charge is 0.0895 e. The molecule has 88 valence electrons. The van der Waals surface area contributed by atoms with Crippen LogP contribution in [0, 0.1) is 0 Å². The molecule has 0 aliphatic rings. The largest absolute Gasteiger partial charge is 0.110 e. The third-order valence-electron chi connectivity index (χ3n) is 3.15. The van der Waals surface area contributed by atoms with Gasteiger partial charge in [0.05, 0.1) is 4.62 Å². The summed E-state index contributed by atoms with van der Waals surface area (Å²) in [5, 5.41) is 0. The van der Waals surface area contributed by atoms with Crippen molar-refractivity contribution in [3.05, 3.63) is 71.8 Å². The van der Waals surface area contributed by atoms with Gasteiger partial charge in [0.15, 0.2) is 0 Å². The summed E-state index contributed by atoms with van der Waals surface area (Å²) in [6.45, 7) is 2.16. The molecule has 0 fully saturated rings. The maximum atomic E-state index is 6.71. The molecule has 2 heteroatoms. The third-order valence-corrected chi connectivity index (χ3v) is 4.52. The van der Waals surface area contributed by atoms with E-state index in [1.807, 2.05) is 24.3 Å². The lowest BCUT2D eigenvalue weighted by molar-refractivity contribution is 0.683. The summed E-state index contributed by atoms with van der Waals surface area (Å²) >= 11 is 6.71. The summed E-state index contributed by atoms with van der Waals surface area (Å²) in [6, 6.07) is 20.6. The van der Waals surface area contributed by atoms with Crippen molar-refractivity contribution in [2.24, 2.45) is 0 Å². The minimum atomic E-state index is -0.456.